The Hall–Kier alpha value is -2.40. The first-order valence-electron chi connectivity index (χ1n) is 12.2. The van der Waals surface area contributed by atoms with Crippen molar-refractivity contribution < 1.29 is 27.5 Å². The minimum absolute atomic E-state index is 0.00676. The molecule has 1 fully saturated rings. The summed E-state index contributed by atoms with van der Waals surface area (Å²) in [6, 6.07) is 9.54. The van der Waals surface area contributed by atoms with Crippen LogP contribution in [-0.4, -0.2) is 78.9 Å². The van der Waals surface area contributed by atoms with E-state index in [0.717, 1.165) is 0 Å². The molecule has 0 unspecified atom stereocenters. The van der Waals surface area contributed by atoms with E-state index in [9.17, 15) is 27.5 Å². The smallest absolute Gasteiger partial charge is 0.390 e. The summed E-state index contributed by atoms with van der Waals surface area (Å²) in [6.45, 7) is 6.61. The molecule has 0 spiro atoms. The van der Waals surface area contributed by atoms with E-state index in [2.05, 4.69) is 5.32 Å². The highest BCUT2D eigenvalue weighted by Gasteiger charge is 2.29. The molecule has 1 aliphatic heterocycles. The molecular weight excluding hydrogens is 512 g/mol. The Bertz CT molecular complexity index is 1060. The predicted octanol–water partition coefficient (Wildman–Crippen LogP) is 5.01. The number of aliphatic hydroxyl groups is 1. The van der Waals surface area contributed by atoms with Crippen LogP contribution in [0.4, 0.5) is 28.9 Å². The Labute approximate surface area is 219 Å². The van der Waals surface area contributed by atoms with E-state index in [-0.39, 0.29) is 24.8 Å². The Morgan fingerprint density at radius 1 is 1.14 bits per heavy atom. The quantitative estimate of drug-likeness (QED) is 0.412. The lowest BCUT2D eigenvalue weighted by Gasteiger charge is -2.37. The van der Waals surface area contributed by atoms with Gasteiger partial charge in [-0.05, 0) is 49.7 Å². The molecule has 11 heteroatoms. The molecule has 0 saturated carbocycles. The number of aliphatic hydroxyl groups excluding tert-OH is 1. The third-order valence-electron chi connectivity index (χ3n) is 6.41. The number of nitrogens with zero attached hydrogens (tertiary/aromatic N) is 3. The summed E-state index contributed by atoms with van der Waals surface area (Å²) in [6.07, 6.45) is -5.05. The highest BCUT2D eigenvalue weighted by molar-refractivity contribution is 6.31. The Kier molecular flexibility index (Phi) is 10.2. The molecule has 0 aliphatic carbocycles. The number of alkyl halides is 3. The van der Waals surface area contributed by atoms with Gasteiger partial charge in [-0.25, -0.2) is 4.39 Å². The normalized spacial score (nSPS) is 15.0. The zero-order valence-electron chi connectivity index (χ0n) is 21.0. The second-order valence-corrected chi connectivity index (χ2v) is 9.85. The first-order valence-corrected chi connectivity index (χ1v) is 12.6. The fraction of sp³-hybridized carbons (Fsp3) is 0.500. The molecule has 204 valence electrons. The van der Waals surface area contributed by atoms with Crippen LogP contribution in [0.25, 0.3) is 0 Å². The first kappa shape index (κ1) is 29.2. The standard InChI is InChI=1S/C26H33ClF4N4O2/c1-18(2)35(13-14-36)17-19-3-5-21(22(28)15-19)25(37)32-23-6-4-20(27)16-24(23)34-11-9-33(10-12-34)8-7-26(29,30)31/h3-6,15-16,18,36H,7-14,17H2,1-2H3,(H,32,37). The van der Waals surface area contributed by atoms with E-state index in [1.54, 1.807) is 29.2 Å². The van der Waals surface area contributed by atoms with Gasteiger partial charge in [0.15, 0.2) is 0 Å². The fourth-order valence-corrected chi connectivity index (χ4v) is 4.45. The van der Waals surface area contributed by atoms with Crippen LogP contribution < -0.4 is 10.2 Å². The van der Waals surface area contributed by atoms with Crippen LogP contribution in [0.5, 0.6) is 0 Å². The number of piperazine rings is 1. The van der Waals surface area contributed by atoms with E-state index >= 15 is 0 Å². The van der Waals surface area contributed by atoms with Gasteiger partial charge in [-0.1, -0.05) is 17.7 Å². The Morgan fingerprint density at radius 2 is 1.84 bits per heavy atom. The van der Waals surface area contributed by atoms with Crippen molar-refractivity contribution in [2.75, 3.05) is 56.1 Å². The number of halogens is 5. The summed E-state index contributed by atoms with van der Waals surface area (Å²) in [4.78, 5) is 18.7. The van der Waals surface area contributed by atoms with E-state index in [1.165, 1.54) is 12.1 Å². The fourth-order valence-electron chi connectivity index (χ4n) is 4.28. The van der Waals surface area contributed by atoms with E-state index in [1.807, 2.05) is 23.6 Å². The van der Waals surface area contributed by atoms with E-state index in [0.29, 0.717) is 61.2 Å². The van der Waals surface area contributed by atoms with Crippen LogP contribution in [0.1, 0.15) is 36.2 Å². The van der Waals surface area contributed by atoms with Crippen LogP contribution >= 0.6 is 11.6 Å². The van der Waals surface area contributed by atoms with Crippen molar-refractivity contribution in [2.24, 2.45) is 0 Å². The number of hydrogen-bond acceptors (Lipinski definition) is 5. The number of hydrogen-bond donors (Lipinski definition) is 2. The lowest BCUT2D eigenvalue weighted by molar-refractivity contribution is -0.138. The maximum Gasteiger partial charge on any atom is 0.390 e. The molecule has 0 radical (unpaired) electrons. The van der Waals surface area contributed by atoms with Gasteiger partial charge >= 0.3 is 6.18 Å². The van der Waals surface area contributed by atoms with Crippen LogP contribution in [-0.2, 0) is 6.54 Å². The molecule has 1 aliphatic rings. The van der Waals surface area contributed by atoms with Crippen molar-refractivity contribution in [1.29, 1.82) is 0 Å². The molecule has 3 rings (SSSR count). The Balaban J connectivity index is 1.69. The second kappa shape index (κ2) is 12.9. The largest absolute Gasteiger partial charge is 0.395 e. The third-order valence-corrected chi connectivity index (χ3v) is 6.65. The molecule has 1 heterocycles. The SMILES string of the molecule is CC(C)N(CCO)Cc1ccc(C(=O)Nc2ccc(Cl)cc2N2CCN(CCC(F)(F)F)CC2)c(F)c1. The van der Waals surface area contributed by atoms with Crippen molar-refractivity contribution in [3.05, 3.63) is 58.4 Å². The van der Waals surface area contributed by atoms with Crippen LogP contribution in [0.15, 0.2) is 36.4 Å². The van der Waals surface area contributed by atoms with Gasteiger partial charge in [-0.3, -0.25) is 14.6 Å². The van der Waals surface area contributed by atoms with Crippen molar-refractivity contribution in [3.8, 4) is 0 Å². The van der Waals surface area contributed by atoms with E-state index < -0.39 is 24.3 Å². The lowest BCUT2D eigenvalue weighted by Crippen LogP contribution is -2.47. The molecule has 37 heavy (non-hydrogen) atoms. The number of amides is 1. The van der Waals surface area contributed by atoms with Gasteiger partial charge in [0.25, 0.3) is 5.91 Å². The zero-order valence-corrected chi connectivity index (χ0v) is 21.7. The molecule has 2 aromatic rings. The zero-order chi connectivity index (χ0) is 27.2. The maximum atomic E-state index is 14.9. The van der Waals surface area contributed by atoms with Gasteiger partial charge < -0.3 is 15.3 Å². The average Bonchev–Trinajstić information content (AvgIpc) is 2.83. The maximum absolute atomic E-state index is 14.9. The molecule has 1 amide bonds. The summed E-state index contributed by atoms with van der Waals surface area (Å²) in [7, 11) is 0. The van der Waals surface area contributed by atoms with Gasteiger partial charge in [0.2, 0.25) is 0 Å². The van der Waals surface area contributed by atoms with Crippen molar-refractivity contribution in [3.63, 3.8) is 0 Å². The van der Waals surface area contributed by atoms with Crippen molar-refractivity contribution >= 4 is 28.9 Å². The van der Waals surface area contributed by atoms with Gasteiger partial charge in [0.05, 0.1) is 30.0 Å². The predicted molar refractivity (Wildman–Crippen MR) is 138 cm³/mol. The highest BCUT2D eigenvalue weighted by Crippen LogP contribution is 2.31. The van der Waals surface area contributed by atoms with E-state index in [4.69, 9.17) is 11.6 Å². The van der Waals surface area contributed by atoms with Gasteiger partial charge in [0, 0.05) is 56.9 Å². The monoisotopic (exact) mass is 544 g/mol. The Morgan fingerprint density at radius 3 is 2.43 bits per heavy atom. The summed E-state index contributed by atoms with van der Waals surface area (Å²) < 4.78 is 52.6. The van der Waals surface area contributed by atoms with Crippen LogP contribution in [0.3, 0.4) is 0 Å². The molecule has 2 aromatic carbocycles. The number of anilines is 2. The first-order chi connectivity index (χ1) is 17.5. The van der Waals surface area contributed by atoms with Crippen LogP contribution in [0.2, 0.25) is 5.02 Å². The second-order valence-electron chi connectivity index (χ2n) is 9.41. The number of benzene rings is 2. The summed E-state index contributed by atoms with van der Waals surface area (Å²) in [5.74, 6) is -1.27. The molecular formula is C26H33ClF4N4O2. The number of nitrogens with one attached hydrogen (secondary N) is 1. The molecule has 1 saturated heterocycles. The minimum Gasteiger partial charge on any atom is -0.395 e. The summed E-state index contributed by atoms with van der Waals surface area (Å²) in [5, 5.41) is 12.5. The third kappa shape index (κ3) is 8.56. The topological polar surface area (TPSA) is 59.1 Å². The average molecular weight is 545 g/mol. The van der Waals surface area contributed by atoms with Crippen molar-refractivity contribution in [1.82, 2.24) is 9.80 Å². The van der Waals surface area contributed by atoms with Gasteiger partial charge in [-0.15, -0.1) is 0 Å². The van der Waals surface area contributed by atoms with Crippen molar-refractivity contribution in [2.45, 2.75) is 39.0 Å². The molecule has 0 bridgehead atoms. The lowest BCUT2D eigenvalue weighted by atomic mass is 10.1. The number of rotatable bonds is 10. The number of carbonyl (C=O) groups is 1. The highest BCUT2D eigenvalue weighted by atomic mass is 35.5. The molecule has 0 aromatic heterocycles. The minimum atomic E-state index is -4.19. The number of carbonyl (C=O) groups excluding carboxylic acids is 1. The molecule has 2 N–H and O–H groups in total. The van der Waals surface area contributed by atoms with Gasteiger partial charge in [-0.2, -0.15) is 13.2 Å². The van der Waals surface area contributed by atoms with Crippen LogP contribution in [0, 0.1) is 5.82 Å². The van der Waals surface area contributed by atoms with Gasteiger partial charge in [0.1, 0.15) is 5.82 Å². The summed E-state index contributed by atoms with van der Waals surface area (Å²) >= 11 is 6.19. The molecule has 6 nitrogen and oxygen atoms in total. The summed E-state index contributed by atoms with van der Waals surface area (Å²) in [5.41, 5.74) is 1.65. The molecule has 0 atom stereocenters.